The first-order valence-corrected chi connectivity index (χ1v) is 0. The highest BCUT2D eigenvalue weighted by atomic mass is 12.0. The molecule has 0 bridgehead atoms. The maximum Gasteiger partial charge on any atom is 0 e. The van der Waals surface area contributed by atoms with E-state index in [9.17, 15) is 0 Å². The topological polar surface area (TPSA) is 0 Å². The van der Waals surface area contributed by atoms with Crippen LogP contribution in [0, 0.1) is 0 Å². The highest BCUT2D eigenvalue weighted by Gasteiger charge is 0.00733. The van der Waals surface area contributed by atoms with Crippen LogP contribution < -0.4 is 0 Å². The van der Waals surface area contributed by atoms with Crippen LogP contribution in [0.4, 0.5) is 0 Å². The van der Waals surface area contributed by atoms with E-state index in [0.29, 0.717) is 0 Å². The number of rotatable bonds is 0. The van der Waals surface area contributed by atoms with Crippen molar-refractivity contribution in [1.82, 2.24) is 0 Å². The summed E-state index contributed by atoms with van der Waals surface area (Å²) in [7, 11) is 0. The Morgan fingerprint density at radius 3 is 0.0667 bits per heavy atom. The first kappa shape index (κ1) is 173000. The van der Waals surface area contributed by atoms with Gasteiger partial charge in [0.15, 0.2) is 0 Å². The van der Waals surface area contributed by atoms with Gasteiger partial charge in [-0.1, -0.05) is 178 Å². The molecular weight excluding hydrogens is 353 g/mol. The Labute approximate surface area is 228 Å². The first-order valence-electron chi connectivity index (χ1n) is 0. The minimum absolute atomic E-state index is 0. The van der Waals surface area contributed by atoms with Gasteiger partial charge in [-0.15, -0.1) is 0 Å². The molecule has 0 atom stereocenters. The van der Waals surface area contributed by atoms with E-state index < -0.39 is 0 Å². The summed E-state index contributed by atoms with van der Waals surface area (Å²) < 4.78 is 0. The molecule has 18 radical (unpaired) electrons. The van der Waals surface area contributed by atoms with Crippen molar-refractivity contribution in [3.63, 3.8) is 0 Å². The van der Waals surface area contributed by atoms with E-state index in [1.54, 1.807) is 0 Å². The monoisotopic (exact) mass is 451 g/mol. The predicted molar refractivity (Wildman–Crippen MR) is 196 cm³/mol. The van der Waals surface area contributed by atoms with Crippen molar-refractivity contribution in [3.8, 4) is 0 Å². The molecule has 0 aromatic rings. The molecule has 0 aromatic carbocycles. The lowest BCUT2D eigenvalue weighted by atomic mass is 10.8. The van der Waals surface area contributed by atoms with Gasteiger partial charge in [0.2, 0.25) is 0 Å². The first-order chi connectivity index (χ1) is 0. The molecule has 0 rings (SSSR count). The summed E-state index contributed by atoms with van der Waals surface area (Å²) in [4.78, 5) is 0. The van der Waals surface area contributed by atoms with Gasteiger partial charge in [-0.25, -0.2) is 0 Å². The average Bonchev–Trinajstić information content (AvgIpc) is 0. The molecule has 0 aliphatic heterocycles. The van der Waals surface area contributed by atoms with Crippen LogP contribution in [0.5, 0.6) is 0 Å². The summed E-state index contributed by atoms with van der Waals surface area (Å²) in [5.74, 6) is 0. The summed E-state index contributed by atoms with van der Waals surface area (Å²) in [6, 6.07) is 0. The van der Waals surface area contributed by atoms with Gasteiger partial charge < -0.3 is 0 Å². The summed E-state index contributed by atoms with van der Waals surface area (Å²) in [6.45, 7) is 0. The van der Waals surface area contributed by atoms with Crippen LogP contribution >= 0.6 is 0 Å². The van der Waals surface area contributed by atoms with Crippen LogP contribution in [-0.4, -0.2) is 50.5 Å². The molecule has 0 unspecified atom stereocenters. The quantitative estimate of drug-likeness (QED) is 0.322. The second-order valence-electron chi connectivity index (χ2n) is 0. The molecule has 30 heavy (non-hydrogen) atoms. The van der Waals surface area contributed by atoms with Crippen molar-refractivity contribution >= 4 is 50.5 Å². The number of hydrogen-bond donors (Lipinski definition) is 0. The normalized spacial score (nSPS) is 0. The second kappa shape index (κ2) is 156000. The zero-order chi connectivity index (χ0) is 0. The van der Waals surface area contributed by atoms with Gasteiger partial charge in [0.05, 0.1) is 0 Å². The van der Waals surface area contributed by atoms with Crippen molar-refractivity contribution < 1.29 is 0 Å². The summed E-state index contributed by atoms with van der Waals surface area (Å²) in [5.41, 5.74) is 0. The van der Waals surface area contributed by atoms with E-state index >= 15 is 0 Å². The highest BCUT2D eigenvalue weighted by Crippen LogP contribution is 0.167. The van der Waals surface area contributed by atoms with Crippen LogP contribution in [0.2, 0.25) is 0 Å². The van der Waals surface area contributed by atoms with Gasteiger partial charge in [-0.2, -0.15) is 0 Å². The standard InChI is InChI=1S/24CH4.6B/h24*1H4;;;;;;. The lowest BCUT2D eigenvalue weighted by molar-refractivity contribution is 2.50. The molecule has 0 heterocycles. The average molecular weight is 450 g/mol. The van der Waals surface area contributed by atoms with Gasteiger partial charge in [-0.3, -0.25) is 0 Å². The molecule has 210 valence electrons. The third kappa shape index (κ3) is 140000. The van der Waals surface area contributed by atoms with E-state index in [-0.39, 0.29) is 229 Å². The Morgan fingerprint density at radius 2 is 0.0667 bits per heavy atom. The van der Waals surface area contributed by atoms with Gasteiger partial charge in [0.25, 0.3) is 0 Å². The van der Waals surface area contributed by atoms with Crippen LogP contribution in [-0.2, 0) is 0 Å². The molecule has 6 heteroatoms. The Morgan fingerprint density at radius 1 is 0.0667 bits per heavy atom. The molecule has 0 saturated heterocycles. The SMILES string of the molecule is C.C.C.C.C.C.C.C.C.C.C.C.C.C.C.C.C.C.C.C.C.C.C.C.[B].[B].[B].[B].[B].[B]. The highest BCUT2D eigenvalue weighted by molar-refractivity contribution is 5.76. The minimum atomic E-state index is 0. The molecule has 0 aromatic heterocycles. The van der Waals surface area contributed by atoms with Crippen LogP contribution in [0.3, 0.4) is 0 Å². The Kier molecular flexibility index (Phi) is 899000000. The smallest absolute Gasteiger partial charge is 0 e. The van der Waals surface area contributed by atoms with Crippen molar-refractivity contribution in [1.29, 1.82) is 0 Å². The molecule has 0 spiro atoms. The van der Waals surface area contributed by atoms with Crippen molar-refractivity contribution in [2.24, 2.45) is 0 Å². The second-order valence-corrected chi connectivity index (χ2v) is 0. The molecule has 0 aliphatic rings. The van der Waals surface area contributed by atoms with Crippen LogP contribution in [0.1, 0.15) is 178 Å². The Balaban J connectivity index is 0. The van der Waals surface area contributed by atoms with E-state index in [0.717, 1.165) is 0 Å². The van der Waals surface area contributed by atoms with E-state index in [2.05, 4.69) is 0 Å². The molecule has 0 nitrogen and oxygen atoms in total. The number of hydrogen-bond acceptors (Lipinski definition) is 0. The van der Waals surface area contributed by atoms with Gasteiger partial charge in [-0.05, 0) is 0 Å². The molecular formula is C24H96B6. The third-order valence-electron chi connectivity index (χ3n) is 0. The molecule has 0 aliphatic carbocycles. The van der Waals surface area contributed by atoms with Crippen molar-refractivity contribution in [2.45, 2.75) is 178 Å². The molecule has 0 fully saturated rings. The van der Waals surface area contributed by atoms with Gasteiger partial charge in [0.1, 0.15) is 0 Å². The maximum atomic E-state index is 0. The summed E-state index contributed by atoms with van der Waals surface area (Å²) in [5, 5.41) is 0. The van der Waals surface area contributed by atoms with Crippen molar-refractivity contribution in [2.75, 3.05) is 0 Å². The minimum Gasteiger partial charge on any atom is -0.0776 e. The van der Waals surface area contributed by atoms with E-state index in [1.807, 2.05) is 0 Å². The van der Waals surface area contributed by atoms with Crippen LogP contribution in [0.15, 0.2) is 0 Å². The fourth-order valence-electron chi connectivity index (χ4n) is 0. The molecule has 0 N–H and O–H groups in total. The fraction of sp³-hybridized carbons (Fsp3) is 1.00. The van der Waals surface area contributed by atoms with Crippen molar-refractivity contribution in [3.05, 3.63) is 0 Å². The fourth-order valence-corrected chi connectivity index (χ4v) is 0. The largest absolute Gasteiger partial charge is 0.0776 e. The predicted octanol–water partition coefficient (Wildman–Crippen LogP) is 13.0. The van der Waals surface area contributed by atoms with Crippen LogP contribution in [0.25, 0.3) is 0 Å². The molecule has 0 saturated carbocycles. The third-order valence-corrected chi connectivity index (χ3v) is 0. The van der Waals surface area contributed by atoms with E-state index in [4.69, 9.17) is 0 Å². The molecule has 0 amide bonds. The van der Waals surface area contributed by atoms with Gasteiger partial charge in [0, 0.05) is 50.5 Å². The zero-order valence-electron chi connectivity index (χ0n) is 3.46. The summed E-state index contributed by atoms with van der Waals surface area (Å²) in [6.07, 6.45) is 0. The van der Waals surface area contributed by atoms with E-state index in [1.165, 1.54) is 0 Å². The lowest BCUT2D eigenvalue weighted by Crippen LogP contribution is -0.382. The maximum absolute atomic E-state index is 0. The zero-order valence-corrected chi connectivity index (χ0v) is 3.46. The van der Waals surface area contributed by atoms with Gasteiger partial charge >= 0.3 is 0 Å². The lowest BCUT2D eigenvalue weighted by Gasteiger charge is -0.0786. The Bertz CT molecular complexity index is 21.7. The summed E-state index contributed by atoms with van der Waals surface area (Å²) >= 11 is 0. The Hall–Kier alpha value is 0.390.